The lowest BCUT2D eigenvalue weighted by Gasteiger charge is -2.39. The molecule has 5 rings (SSSR count). The number of benzene rings is 1. The second kappa shape index (κ2) is 9.13. The Hall–Kier alpha value is -2.46. The number of piperazine rings is 1. The van der Waals surface area contributed by atoms with Crippen molar-refractivity contribution in [3.05, 3.63) is 65.5 Å². The number of hydrogen-bond donors (Lipinski definition) is 0. The van der Waals surface area contributed by atoms with Gasteiger partial charge < -0.3 is 4.90 Å². The topological polar surface area (TPSA) is 31.7 Å². The molecular weight excluding hydrogens is 368 g/mol. The van der Waals surface area contributed by atoms with Crippen LogP contribution in [0, 0.1) is 0 Å². The summed E-state index contributed by atoms with van der Waals surface area (Å²) in [6.45, 7) is 5.62. The zero-order chi connectivity index (χ0) is 20.2. The Balaban J connectivity index is 1.26. The molecule has 2 fully saturated rings. The van der Waals surface area contributed by atoms with E-state index in [2.05, 4.69) is 51.2 Å². The first-order chi connectivity index (χ1) is 14.9. The van der Waals surface area contributed by atoms with E-state index < -0.39 is 0 Å². The van der Waals surface area contributed by atoms with Crippen LogP contribution in [0.25, 0.3) is 6.08 Å². The van der Waals surface area contributed by atoms with Crippen molar-refractivity contribution in [1.29, 1.82) is 0 Å². The van der Waals surface area contributed by atoms with Crippen LogP contribution in [0.2, 0.25) is 0 Å². The van der Waals surface area contributed by atoms with Crippen molar-refractivity contribution in [3.8, 4) is 0 Å². The van der Waals surface area contributed by atoms with Gasteiger partial charge in [-0.2, -0.15) is 0 Å². The van der Waals surface area contributed by atoms with Gasteiger partial charge in [-0.05, 0) is 67.2 Å². The van der Waals surface area contributed by atoms with Gasteiger partial charge in [-0.3, -0.25) is 14.9 Å². The highest BCUT2D eigenvalue weighted by Crippen LogP contribution is 2.27. The minimum Gasteiger partial charge on any atom is -0.369 e. The van der Waals surface area contributed by atoms with E-state index in [-0.39, 0.29) is 0 Å². The molecule has 0 atom stereocenters. The van der Waals surface area contributed by atoms with Gasteiger partial charge in [-0.1, -0.05) is 25.0 Å². The lowest BCUT2D eigenvalue weighted by molar-refractivity contribution is 0.187. The van der Waals surface area contributed by atoms with Crippen LogP contribution in [0.4, 0.5) is 5.69 Å². The third-order valence-electron chi connectivity index (χ3n) is 6.87. The molecule has 0 spiro atoms. The normalized spacial score (nSPS) is 22.5. The second-order valence-electron chi connectivity index (χ2n) is 8.80. The van der Waals surface area contributed by atoms with Crippen LogP contribution >= 0.6 is 0 Å². The Bertz CT molecular complexity index is 886. The summed E-state index contributed by atoms with van der Waals surface area (Å²) < 4.78 is 0. The van der Waals surface area contributed by atoms with Crippen molar-refractivity contribution in [2.75, 3.05) is 37.6 Å². The molecule has 4 heteroatoms. The van der Waals surface area contributed by atoms with Crippen LogP contribution in [0.5, 0.6) is 0 Å². The van der Waals surface area contributed by atoms with Gasteiger partial charge in [-0.15, -0.1) is 0 Å². The molecule has 0 unspecified atom stereocenters. The summed E-state index contributed by atoms with van der Waals surface area (Å²) in [5.74, 6) is 0. The van der Waals surface area contributed by atoms with Crippen molar-refractivity contribution in [2.24, 2.45) is 4.99 Å². The minimum atomic E-state index is 0.854. The van der Waals surface area contributed by atoms with Crippen molar-refractivity contribution in [2.45, 2.75) is 44.6 Å². The van der Waals surface area contributed by atoms with E-state index in [0.29, 0.717) is 0 Å². The fourth-order valence-electron chi connectivity index (χ4n) is 5.20. The molecule has 3 aliphatic rings. The Kier molecular flexibility index (Phi) is 5.94. The first kappa shape index (κ1) is 19.5. The van der Waals surface area contributed by atoms with Crippen LogP contribution in [-0.2, 0) is 0 Å². The molecule has 0 N–H and O–H groups in total. The Morgan fingerprint density at radius 3 is 2.43 bits per heavy atom. The molecule has 1 aromatic carbocycles. The molecule has 0 amide bonds. The number of nitrogens with zero attached hydrogens (tertiary/aromatic N) is 4. The van der Waals surface area contributed by atoms with E-state index in [1.54, 1.807) is 0 Å². The summed E-state index contributed by atoms with van der Waals surface area (Å²) in [5, 5.41) is 0. The van der Waals surface area contributed by atoms with Gasteiger partial charge in [-0.25, -0.2) is 0 Å². The number of hydrogen-bond acceptors (Lipinski definition) is 4. The molecule has 2 aromatic rings. The Morgan fingerprint density at radius 2 is 1.70 bits per heavy atom. The lowest BCUT2D eigenvalue weighted by Crippen LogP contribution is -2.49. The third kappa shape index (κ3) is 4.34. The first-order valence-electron chi connectivity index (χ1n) is 11.6. The number of aromatic nitrogens is 1. The smallest absolute Gasteiger partial charge is 0.0694 e. The van der Waals surface area contributed by atoms with E-state index in [1.165, 1.54) is 55.6 Å². The van der Waals surface area contributed by atoms with Gasteiger partial charge >= 0.3 is 0 Å². The van der Waals surface area contributed by atoms with E-state index >= 15 is 0 Å². The molecule has 1 saturated heterocycles. The fourth-order valence-corrected chi connectivity index (χ4v) is 5.20. The molecule has 2 aliphatic heterocycles. The number of aliphatic imine (C=N–C) groups is 1. The standard InChI is InChI=1S/C26H32N4/c1-2-8-24(7-1)29-15-17-30(18-16-29)25-11-9-21(10-12-25)19-22-5-4-14-28-26(22)23-6-3-13-27-20-23/h3,6,9-13,19-20,24H,1-2,4-5,7-8,14-18H2. The van der Waals surface area contributed by atoms with Crippen molar-refractivity contribution in [3.63, 3.8) is 0 Å². The minimum absolute atomic E-state index is 0.854. The van der Waals surface area contributed by atoms with Gasteiger partial charge in [0.05, 0.1) is 5.71 Å². The van der Waals surface area contributed by atoms with Crippen LogP contribution in [0.3, 0.4) is 0 Å². The molecular formula is C26H32N4. The van der Waals surface area contributed by atoms with Gasteiger partial charge in [0.25, 0.3) is 0 Å². The monoisotopic (exact) mass is 400 g/mol. The molecule has 3 heterocycles. The highest BCUT2D eigenvalue weighted by Gasteiger charge is 2.26. The van der Waals surface area contributed by atoms with E-state index in [1.807, 2.05) is 18.5 Å². The predicted molar refractivity (Wildman–Crippen MR) is 125 cm³/mol. The van der Waals surface area contributed by atoms with Crippen LogP contribution in [-0.4, -0.2) is 54.4 Å². The van der Waals surface area contributed by atoms with Gasteiger partial charge in [0.1, 0.15) is 0 Å². The zero-order valence-corrected chi connectivity index (χ0v) is 17.8. The summed E-state index contributed by atoms with van der Waals surface area (Å²) in [6, 6.07) is 14.1. The van der Waals surface area contributed by atoms with Crippen molar-refractivity contribution in [1.82, 2.24) is 9.88 Å². The molecule has 0 radical (unpaired) electrons. The van der Waals surface area contributed by atoms with E-state index in [9.17, 15) is 0 Å². The third-order valence-corrected chi connectivity index (χ3v) is 6.87. The largest absolute Gasteiger partial charge is 0.369 e. The van der Waals surface area contributed by atoms with Crippen LogP contribution < -0.4 is 4.90 Å². The van der Waals surface area contributed by atoms with Gasteiger partial charge in [0, 0.05) is 62.4 Å². The lowest BCUT2D eigenvalue weighted by atomic mass is 9.95. The highest BCUT2D eigenvalue weighted by atomic mass is 15.3. The Labute approximate surface area is 180 Å². The second-order valence-corrected chi connectivity index (χ2v) is 8.80. The average Bonchev–Trinajstić information content (AvgIpc) is 3.36. The molecule has 0 bridgehead atoms. The SMILES string of the molecule is C(=C1CCCN=C1c1cccnc1)c1ccc(N2CCN(C3CCCC3)CC2)cc1. The maximum absolute atomic E-state index is 4.80. The highest BCUT2D eigenvalue weighted by molar-refractivity contribution is 6.15. The summed E-state index contributed by atoms with van der Waals surface area (Å²) in [7, 11) is 0. The van der Waals surface area contributed by atoms with Crippen molar-refractivity contribution >= 4 is 17.5 Å². The number of anilines is 1. The summed E-state index contributed by atoms with van der Waals surface area (Å²) in [5.41, 5.74) is 6.18. The molecule has 4 nitrogen and oxygen atoms in total. The molecule has 156 valence electrons. The molecule has 1 saturated carbocycles. The maximum Gasteiger partial charge on any atom is 0.0694 e. The van der Waals surface area contributed by atoms with E-state index in [0.717, 1.165) is 49.8 Å². The predicted octanol–water partition coefficient (Wildman–Crippen LogP) is 4.81. The maximum atomic E-state index is 4.80. The quantitative estimate of drug-likeness (QED) is 0.738. The number of allylic oxidation sites excluding steroid dienone is 1. The van der Waals surface area contributed by atoms with Crippen LogP contribution in [0.1, 0.15) is 49.7 Å². The van der Waals surface area contributed by atoms with E-state index in [4.69, 9.17) is 4.99 Å². The van der Waals surface area contributed by atoms with Crippen LogP contribution in [0.15, 0.2) is 59.4 Å². The zero-order valence-electron chi connectivity index (χ0n) is 17.8. The summed E-state index contributed by atoms with van der Waals surface area (Å²) in [4.78, 5) is 14.4. The summed E-state index contributed by atoms with van der Waals surface area (Å²) >= 11 is 0. The number of rotatable bonds is 4. The summed E-state index contributed by atoms with van der Waals surface area (Å²) in [6.07, 6.45) is 13.9. The first-order valence-corrected chi connectivity index (χ1v) is 11.6. The number of pyridine rings is 1. The van der Waals surface area contributed by atoms with Crippen molar-refractivity contribution < 1.29 is 0 Å². The van der Waals surface area contributed by atoms with Gasteiger partial charge in [0.15, 0.2) is 0 Å². The molecule has 1 aromatic heterocycles. The average molecular weight is 401 g/mol. The van der Waals surface area contributed by atoms with Gasteiger partial charge in [0.2, 0.25) is 0 Å². The Morgan fingerprint density at radius 1 is 0.900 bits per heavy atom. The fraction of sp³-hybridized carbons (Fsp3) is 0.462. The molecule has 30 heavy (non-hydrogen) atoms. The molecule has 1 aliphatic carbocycles.